The molecule has 0 spiro atoms. The molecule has 1 aliphatic rings. The van der Waals surface area contributed by atoms with E-state index in [2.05, 4.69) is 32.2 Å². The van der Waals surface area contributed by atoms with Crippen molar-refractivity contribution in [2.75, 3.05) is 6.61 Å². The van der Waals surface area contributed by atoms with Crippen molar-refractivity contribution in [3.05, 3.63) is 63.0 Å². The Morgan fingerprint density at radius 2 is 2.07 bits per heavy atom. The highest BCUT2D eigenvalue weighted by molar-refractivity contribution is 9.10. The third kappa shape index (κ3) is 4.82. The van der Waals surface area contributed by atoms with E-state index in [1.165, 1.54) is 23.9 Å². The van der Waals surface area contributed by atoms with Crippen molar-refractivity contribution in [2.24, 2.45) is 4.99 Å². The van der Waals surface area contributed by atoms with E-state index in [-0.39, 0.29) is 18.1 Å². The van der Waals surface area contributed by atoms with Crippen molar-refractivity contribution >= 4 is 56.5 Å². The SMILES string of the molecule is C#CCOc1ccc(Br)cc1/C=C1\SC(=Nc2ccc(C(=O)O)cc2)NC1=O. The average Bonchev–Trinajstić information content (AvgIpc) is 3.00. The molecule has 28 heavy (non-hydrogen) atoms. The van der Waals surface area contributed by atoms with E-state index < -0.39 is 5.97 Å². The van der Waals surface area contributed by atoms with Crippen LogP contribution in [0.5, 0.6) is 5.75 Å². The molecule has 2 aromatic carbocycles. The van der Waals surface area contributed by atoms with Crippen molar-refractivity contribution in [3.8, 4) is 18.1 Å². The predicted molar refractivity (Wildman–Crippen MR) is 113 cm³/mol. The molecular weight excluding hydrogens is 444 g/mol. The van der Waals surface area contributed by atoms with E-state index in [1.54, 1.807) is 24.3 Å². The smallest absolute Gasteiger partial charge is 0.335 e. The zero-order valence-corrected chi connectivity index (χ0v) is 16.7. The second-order valence-electron chi connectivity index (χ2n) is 5.51. The minimum absolute atomic E-state index is 0.121. The molecule has 0 aromatic heterocycles. The molecule has 3 rings (SSSR count). The van der Waals surface area contributed by atoms with Crippen LogP contribution in [0.4, 0.5) is 5.69 Å². The number of benzene rings is 2. The molecule has 140 valence electrons. The summed E-state index contributed by atoms with van der Waals surface area (Å²) in [7, 11) is 0. The lowest BCUT2D eigenvalue weighted by atomic mass is 10.2. The zero-order chi connectivity index (χ0) is 20.1. The first-order valence-corrected chi connectivity index (χ1v) is 9.56. The number of nitrogens with zero attached hydrogens (tertiary/aromatic N) is 1. The topological polar surface area (TPSA) is 88.0 Å². The first-order chi connectivity index (χ1) is 13.5. The van der Waals surface area contributed by atoms with Crippen LogP contribution in [0.1, 0.15) is 15.9 Å². The third-order valence-electron chi connectivity index (χ3n) is 3.57. The first kappa shape index (κ1) is 19.7. The van der Waals surface area contributed by atoms with Crippen LogP contribution in [0.2, 0.25) is 0 Å². The maximum absolute atomic E-state index is 12.3. The lowest BCUT2D eigenvalue weighted by molar-refractivity contribution is -0.115. The third-order valence-corrected chi connectivity index (χ3v) is 4.97. The van der Waals surface area contributed by atoms with Crippen molar-refractivity contribution in [1.29, 1.82) is 0 Å². The zero-order valence-electron chi connectivity index (χ0n) is 14.3. The van der Waals surface area contributed by atoms with Gasteiger partial charge < -0.3 is 15.2 Å². The molecule has 0 atom stereocenters. The van der Waals surface area contributed by atoms with E-state index in [4.69, 9.17) is 16.3 Å². The summed E-state index contributed by atoms with van der Waals surface area (Å²) in [6, 6.07) is 11.5. The van der Waals surface area contributed by atoms with Crippen molar-refractivity contribution < 1.29 is 19.4 Å². The molecule has 1 fully saturated rings. The highest BCUT2D eigenvalue weighted by atomic mass is 79.9. The van der Waals surface area contributed by atoms with Crippen molar-refractivity contribution in [3.63, 3.8) is 0 Å². The van der Waals surface area contributed by atoms with Crippen LogP contribution in [0.25, 0.3) is 6.08 Å². The summed E-state index contributed by atoms with van der Waals surface area (Å²) in [6.07, 6.45) is 6.94. The highest BCUT2D eigenvalue weighted by Gasteiger charge is 2.24. The van der Waals surface area contributed by atoms with Gasteiger partial charge in [-0.1, -0.05) is 21.9 Å². The predicted octanol–water partition coefficient (Wildman–Crippen LogP) is 4.05. The number of aromatic carboxylic acids is 1. The van der Waals surface area contributed by atoms with Gasteiger partial charge in [0.25, 0.3) is 5.91 Å². The monoisotopic (exact) mass is 456 g/mol. The fourth-order valence-corrected chi connectivity index (χ4v) is 3.51. The second kappa shape index (κ2) is 8.78. The highest BCUT2D eigenvalue weighted by Crippen LogP contribution is 2.32. The summed E-state index contributed by atoms with van der Waals surface area (Å²) in [5, 5.41) is 12.0. The molecule has 0 bridgehead atoms. The van der Waals surface area contributed by atoms with Crippen LogP contribution in [0.3, 0.4) is 0 Å². The van der Waals surface area contributed by atoms with Gasteiger partial charge in [-0.05, 0) is 60.3 Å². The number of nitrogens with one attached hydrogen (secondary N) is 1. The number of thioether (sulfide) groups is 1. The second-order valence-corrected chi connectivity index (χ2v) is 7.46. The summed E-state index contributed by atoms with van der Waals surface area (Å²) in [5.41, 5.74) is 1.41. The molecule has 0 saturated carbocycles. The van der Waals surface area contributed by atoms with E-state index in [1.807, 2.05) is 12.1 Å². The number of amides is 1. The minimum atomic E-state index is -1.01. The molecule has 0 unspecified atom stereocenters. The standard InChI is InChI=1S/C20H13BrN2O4S/c1-2-9-27-16-8-5-14(21)10-13(16)11-17-18(24)23-20(28-17)22-15-6-3-12(4-7-15)19(25)26/h1,3-8,10-11H,9H2,(H,25,26)(H,22,23,24)/b17-11-. The molecule has 2 N–H and O–H groups in total. The van der Waals surface area contributed by atoms with Gasteiger partial charge in [0.2, 0.25) is 0 Å². The molecule has 1 heterocycles. The van der Waals surface area contributed by atoms with Crippen LogP contribution in [0.15, 0.2) is 56.8 Å². The van der Waals surface area contributed by atoms with Crippen LogP contribution in [0, 0.1) is 12.3 Å². The van der Waals surface area contributed by atoms with E-state index in [0.29, 0.717) is 27.1 Å². The Balaban J connectivity index is 1.84. The van der Waals surface area contributed by atoms with E-state index in [9.17, 15) is 9.59 Å². The lowest BCUT2D eigenvalue weighted by Gasteiger charge is -2.07. The summed E-state index contributed by atoms with van der Waals surface area (Å²) in [4.78, 5) is 28.0. The maximum Gasteiger partial charge on any atom is 0.335 e. The number of carbonyl (C=O) groups is 2. The van der Waals surface area contributed by atoms with Crippen LogP contribution in [-0.2, 0) is 4.79 Å². The van der Waals surface area contributed by atoms with Gasteiger partial charge in [0, 0.05) is 10.0 Å². The molecule has 8 heteroatoms. The molecule has 1 saturated heterocycles. The number of hydrogen-bond acceptors (Lipinski definition) is 5. The number of ether oxygens (including phenoxy) is 1. The van der Waals surface area contributed by atoms with Gasteiger partial charge in [0.05, 0.1) is 16.2 Å². The first-order valence-electron chi connectivity index (χ1n) is 7.95. The lowest BCUT2D eigenvalue weighted by Crippen LogP contribution is -2.19. The quantitative estimate of drug-likeness (QED) is 0.523. The largest absolute Gasteiger partial charge is 0.480 e. The van der Waals surface area contributed by atoms with Gasteiger partial charge >= 0.3 is 5.97 Å². The maximum atomic E-state index is 12.3. The Morgan fingerprint density at radius 1 is 1.32 bits per heavy atom. The van der Waals surface area contributed by atoms with Crippen molar-refractivity contribution in [2.45, 2.75) is 0 Å². The number of carboxylic acid groups (broad SMARTS) is 1. The summed E-state index contributed by atoms with van der Waals surface area (Å²) >= 11 is 4.58. The normalized spacial score (nSPS) is 16.1. The summed E-state index contributed by atoms with van der Waals surface area (Å²) < 4.78 is 6.36. The van der Waals surface area contributed by atoms with Gasteiger partial charge in [0.15, 0.2) is 5.17 Å². The van der Waals surface area contributed by atoms with Crippen LogP contribution in [-0.4, -0.2) is 28.8 Å². The Hall–Kier alpha value is -3.02. The average molecular weight is 457 g/mol. The van der Waals surface area contributed by atoms with Gasteiger partial charge in [0.1, 0.15) is 12.4 Å². The Morgan fingerprint density at radius 3 is 2.75 bits per heavy atom. The Kier molecular flexibility index (Phi) is 6.19. The van der Waals surface area contributed by atoms with E-state index in [0.717, 1.165) is 4.47 Å². The number of terminal acetylenes is 1. The minimum Gasteiger partial charge on any atom is -0.480 e. The van der Waals surface area contributed by atoms with Gasteiger partial charge in [-0.15, -0.1) is 6.42 Å². The van der Waals surface area contributed by atoms with Gasteiger partial charge in [-0.3, -0.25) is 4.79 Å². The van der Waals surface area contributed by atoms with Crippen LogP contribution >= 0.6 is 27.7 Å². The number of halogens is 1. The molecule has 6 nitrogen and oxygen atoms in total. The van der Waals surface area contributed by atoms with Gasteiger partial charge in [-0.2, -0.15) is 0 Å². The molecule has 2 aromatic rings. The number of carbonyl (C=O) groups excluding carboxylic acids is 1. The number of aliphatic imine (C=N–C) groups is 1. The number of hydrogen-bond donors (Lipinski definition) is 2. The molecule has 0 aliphatic carbocycles. The molecule has 0 radical (unpaired) electrons. The Labute approximate surface area is 173 Å². The number of amidine groups is 1. The fourth-order valence-electron chi connectivity index (χ4n) is 2.30. The number of rotatable bonds is 5. The van der Waals surface area contributed by atoms with Crippen molar-refractivity contribution in [1.82, 2.24) is 5.32 Å². The number of carboxylic acids is 1. The van der Waals surface area contributed by atoms with Gasteiger partial charge in [-0.25, -0.2) is 9.79 Å². The molecule has 1 aliphatic heterocycles. The molecule has 1 amide bonds. The molecular formula is C20H13BrN2O4S. The fraction of sp³-hybridized carbons (Fsp3) is 0.0500. The van der Waals surface area contributed by atoms with Crippen LogP contribution < -0.4 is 10.1 Å². The Bertz CT molecular complexity index is 1040. The summed E-state index contributed by atoms with van der Waals surface area (Å²) in [5.74, 6) is 1.68. The summed E-state index contributed by atoms with van der Waals surface area (Å²) in [6.45, 7) is 0.121. The van der Waals surface area contributed by atoms with E-state index >= 15 is 0 Å².